The number of rotatable bonds is 4. The van der Waals surface area contributed by atoms with Crippen LogP contribution in [0.2, 0.25) is 0 Å². The van der Waals surface area contributed by atoms with Gasteiger partial charge in [0.25, 0.3) is 0 Å². The van der Waals surface area contributed by atoms with Gasteiger partial charge in [0, 0.05) is 30.6 Å². The molecule has 1 aromatic carbocycles. The number of hydrogen-bond acceptors (Lipinski definition) is 3. The first-order valence-electron chi connectivity index (χ1n) is 6.97. The first kappa shape index (κ1) is 13.8. The molecule has 1 heterocycles. The molecule has 1 aromatic rings. The Morgan fingerprint density at radius 1 is 1.28 bits per heavy atom. The van der Waals surface area contributed by atoms with E-state index in [1.165, 1.54) is 42.3 Å². The van der Waals surface area contributed by atoms with Crippen LogP contribution < -0.4 is 10.6 Å². The van der Waals surface area contributed by atoms with E-state index >= 15 is 0 Å². The smallest absolute Gasteiger partial charge is 0.0399 e. The van der Waals surface area contributed by atoms with E-state index in [-0.39, 0.29) is 6.04 Å². The highest BCUT2D eigenvalue weighted by Crippen LogP contribution is 2.24. The van der Waals surface area contributed by atoms with Gasteiger partial charge in [-0.1, -0.05) is 25.1 Å². The van der Waals surface area contributed by atoms with E-state index in [9.17, 15) is 0 Å². The summed E-state index contributed by atoms with van der Waals surface area (Å²) in [5, 5.41) is 0. The second kappa shape index (κ2) is 7.05. The van der Waals surface area contributed by atoms with Crippen molar-refractivity contribution in [2.24, 2.45) is 5.73 Å². The van der Waals surface area contributed by atoms with Crippen molar-refractivity contribution in [1.82, 2.24) is 0 Å². The van der Waals surface area contributed by atoms with Crippen LogP contribution in [-0.2, 0) is 6.42 Å². The van der Waals surface area contributed by atoms with Gasteiger partial charge in [0.2, 0.25) is 0 Å². The predicted molar refractivity (Wildman–Crippen MR) is 82.6 cm³/mol. The molecule has 0 saturated carbocycles. The van der Waals surface area contributed by atoms with Gasteiger partial charge in [-0.2, -0.15) is 11.8 Å². The molecule has 1 aliphatic rings. The monoisotopic (exact) mass is 264 g/mol. The van der Waals surface area contributed by atoms with Crippen molar-refractivity contribution < 1.29 is 0 Å². The standard InChI is InChI=1S/C15H24N2S/c1-2-14(16)12-13-6-3-4-7-15(13)17-8-5-10-18-11-9-17/h3-4,6-7,14H,2,5,8-12,16H2,1H3. The van der Waals surface area contributed by atoms with E-state index in [0.717, 1.165) is 12.8 Å². The van der Waals surface area contributed by atoms with Crippen molar-refractivity contribution in [1.29, 1.82) is 0 Å². The molecule has 3 heteroatoms. The summed E-state index contributed by atoms with van der Waals surface area (Å²) >= 11 is 2.07. The molecule has 1 aliphatic heterocycles. The van der Waals surface area contributed by atoms with Crippen LogP contribution in [0.5, 0.6) is 0 Å². The van der Waals surface area contributed by atoms with Crippen molar-refractivity contribution >= 4 is 17.4 Å². The van der Waals surface area contributed by atoms with Crippen molar-refractivity contribution in [2.45, 2.75) is 32.2 Å². The summed E-state index contributed by atoms with van der Waals surface area (Å²) in [4.78, 5) is 2.54. The normalized spacial score (nSPS) is 18.4. The molecule has 2 N–H and O–H groups in total. The van der Waals surface area contributed by atoms with Gasteiger partial charge in [-0.05, 0) is 36.6 Å². The molecule has 1 saturated heterocycles. The lowest BCUT2D eigenvalue weighted by molar-refractivity contribution is 0.644. The van der Waals surface area contributed by atoms with Crippen molar-refractivity contribution in [3.8, 4) is 0 Å². The Morgan fingerprint density at radius 2 is 2.11 bits per heavy atom. The average molecular weight is 264 g/mol. The Balaban J connectivity index is 2.14. The van der Waals surface area contributed by atoms with Crippen LogP contribution >= 0.6 is 11.8 Å². The van der Waals surface area contributed by atoms with Gasteiger partial charge < -0.3 is 10.6 Å². The van der Waals surface area contributed by atoms with Gasteiger partial charge in [0.05, 0.1) is 0 Å². The van der Waals surface area contributed by atoms with E-state index in [1.807, 2.05) is 0 Å². The van der Waals surface area contributed by atoms with E-state index in [4.69, 9.17) is 5.73 Å². The maximum Gasteiger partial charge on any atom is 0.0399 e. The van der Waals surface area contributed by atoms with Crippen molar-refractivity contribution in [3.05, 3.63) is 29.8 Å². The summed E-state index contributed by atoms with van der Waals surface area (Å²) in [5.74, 6) is 2.54. The van der Waals surface area contributed by atoms with Crippen LogP contribution in [0.15, 0.2) is 24.3 Å². The number of nitrogens with zero attached hydrogens (tertiary/aromatic N) is 1. The summed E-state index contributed by atoms with van der Waals surface area (Å²) in [6.07, 6.45) is 3.33. The summed E-state index contributed by atoms with van der Waals surface area (Å²) in [5.41, 5.74) is 8.93. The van der Waals surface area contributed by atoms with Gasteiger partial charge in [-0.15, -0.1) is 0 Å². The summed E-state index contributed by atoms with van der Waals surface area (Å²) in [6.45, 7) is 4.52. The minimum Gasteiger partial charge on any atom is -0.370 e. The van der Waals surface area contributed by atoms with Crippen LogP contribution in [0.25, 0.3) is 0 Å². The molecule has 0 aliphatic carbocycles. The van der Waals surface area contributed by atoms with E-state index in [1.54, 1.807) is 0 Å². The number of para-hydroxylation sites is 1. The lowest BCUT2D eigenvalue weighted by atomic mass is 10.0. The largest absolute Gasteiger partial charge is 0.370 e. The minimum atomic E-state index is 0.285. The van der Waals surface area contributed by atoms with Gasteiger partial charge in [0.15, 0.2) is 0 Å². The van der Waals surface area contributed by atoms with Crippen molar-refractivity contribution in [3.63, 3.8) is 0 Å². The maximum absolute atomic E-state index is 6.11. The lowest BCUT2D eigenvalue weighted by Gasteiger charge is -2.26. The number of benzene rings is 1. The Hall–Kier alpha value is -0.670. The quantitative estimate of drug-likeness (QED) is 0.906. The second-order valence-corrected chi connectivity index (χ2v) is 6.18. The van der Waals surface area contributed by atoms with Crippen LogP contribution in [0, 0.1) is 0 Å². The Morgan fingerprint density at radius 3 is 2.94 bits per heavy atom. The highest BCUT2D eigenvalue weighted by atomic mass is 32.2. The van der Waals surface area contributed by atoms with E-state index in [2.05, 4.69) is 47.9 Å². The number of anilines is 1. The number of nitrogens with two attached hydrogens (primary N) is 1. The molecule has 18 heavy (non-hydrogen) atoms. The highest BCUT2D eigenvalue weighted by molar-refractivity contribution is 7.99. The zero-order chi connectivity index (χ0) is 12.8. The third-order valence-electron chi connectivity index (χ3n) is 3.56. The molecule has 0 bridgehead atoms. The molecule has 100 valence electrons. The molecule has 1 atom stereocenters. The highest BCUT2D eigenvalue weighted by Gasteiger charge is 2.14. The number of hydrogen-bond donors (Lipinski definition) is 1. The molecule has 2 nitrogen and oxygen atoms in total. The molecule has 0 aromatic heterocycles. The average Bonchev–Trinajstić information content (AvgIpc) is 2.68. The fourth-order valence-electron chi connectivity index (χ4n) is 2.41. The zero-order valence-electron chi connectivity index (χ0n) is 11.3. The summed E-state index contributed by atoms with van der Waals surface area (Å²) in [6, 6.07) is 9.06. The first-order chi connectivity index (χ1) is 8.81. The molecular weight excluding hydrogens is 240 g/mol. The molecular formula is C15H24N2S. The SMILES string of the molecule is CCC(N)Cc1ccccc1N1CCCSCC1. The summed E-state index contributed by atoms with van der Waals surface area (Å²) < 4.78 is 0. The topological polar surface area (TPSA) is 29.3 Å². The van der Waals surface area contributed by atoms with Gasteiger partial charge >= 0.3 is 0 Å². The second-order valence-electron chi connectivity index (χ2n) is 4.95. The zero-order valence-corrected chi connectivity index (χ0v) is 12.1. The molecule has 0 spiro atoms. The fraction of sp³-hybridized carbons (Fsp3) is 0.600. The van der Waals surface area contributed by atoms with Gasteiger partial charge in [-0.25, -0.2) is 0 Å². The molecule has 0 radical (unpaired) electrons. The van der Waals surface area contributed by atoms with Gasteiger partial charge in [0.1, 0.15) is 0 Å². The van der Waals surface area contributed by atoms with E-state index < -0.39 is 0 Å². The van der Waals surface area contributed by atoms with Crippen molar-refractivity contribution in [2.75, 3.05) is 29.5 Å². The Labute approximate surface area is 115 Å². The third-order valence-corrected chi connectivity index (χ3v) is 4.61. The lowest BCUT2D eigenvalue weighted by Crippen LogP contribution is -2.28. The molecule has 2 rings (SSSR count). The Kier molecular flexibility index (Phi) is 5.39. The summed E-state index contributed by atoms with van der Waals surface area (Å²) in [7, 11) is 0. The van der Waals surface area contributed by atoms with Gasteiger partial charge in [-0.3, -0.25) is 0 Å². The number of thioether (sulfide) groups is 1. The third kappa shape index (κ3) is 3.66. The fourth-order valence-corrected chi connectivity index (χ4v) is 3.29. The van der Waals surface area contributed by atoms with Crippen LogP contribution in [-0.4, -0.2) is 30.6 Å². The van der Waals surface area contributed by atoms with E-state index in [0.29, 0.717) is 0 Å². The minimum absolute atomic E-state index is 0.285. The van der Waals surface area contributed by atoms with Crippen LogP contribution in [0.3, 0.4) is 0 Å². The molecule has 1 fully saturated rings. The maximum atomic E-state index is 6.11. The Bertz CT molecular complexity index is 359. The predicted octanol–water partition coefficient (Wildman–Crippen LogP) is 2.91. The first-order valence-corrected chi connectivity index (χ1v) is 8.13. The molecule has 1 unspecified atom stereocenters. The van der Waals surface area contributed by atoms with Crippen LogP contribution in [0.1, 0.15) is 25.3 Å². The molecule has 0 amide bonds. The van der Waals surface area contributed by atoms with Crippen LogP contribution in [0.4, 0.5) is 5.69 Å².